The van der Waals surface area contributed by atoms with Gasteiger partial charge in [-0.15, -0.1) is 0 Å². The molecule has 2 amide bonds. The summed E-state index contributed by atoms with van der Waals surface area (Å²) in [6, 6.07) is 13.0. The molecule has 3 aromatic rings. The van der Waals surface area contributed by atoms with Gasteiger partial charge in [-0.1, -0.05) is 12.1 Å². The second-order valence-corrected chi connectivity index (χ2v) is 7.24. The van der Waals surface area contributed by atoms with Crippen LogP contribution in [0.15, 0.2) is 48.7 Å². The summed E-state index contributed by atoms with van der Waals surface area (Å²) >= 11 is 0. The predicted molar refractivity (Wildman–Crippen MR) is 106 cm³/mol. The lowest BCUT2D eigenvalue weighted by Crippen LogP contribution is -2.19. The smallest absolute Gasteiger partial charge is 0.257 e. The van der Waals surface area contributed by atoms with Crippen LogP contribution in [0.1, 0.15) is 43.1 Å². The number of carbonyl (C=O) groups excluding carboxylic acids is 2. The molecule has 0 unspecified atom stereocenters. The van der Waals surface area contributed by atoms with Gasteiger partial charge in [0.15, 0.2) is 0 Å². The van der Waals surface area contributed by atoms with E-state index in [-0.39, 0.29) is 23.8 Å². The van der Waals surface area contributed by atoms with Gasteiger partial charge in [0.1, 0.15) is 0 Å². The first kappa shape index (κ1) is 17.3. The molecule has 1 aromatic heterocycles. The first-order valence-corrected chi connectivity index (χ1v) is 9.21. The maximum absolute atomic E-state index is 12.8. The number of carbonyl (C=O) groups is 2. The molecule has 4 rings (SSSR count). The first-order chi connectivity index (χ1) is 13.0. The second kappa shape index (κ2) is 6.87. The summed E-state index contributed by atoms with van der Waals surface area (Å²) in [5, 5.41) is 11.3. The predicted octanol–water partition coefficient (Wildman–Crippen LogP) is 4.22. The average molecular weight is 362 g/mol. The van der Waals surface area contributed by atoms with Crippen LogP contribution in [-0.4, -0.2) is 21.6 Å². The third-order valence-electron chi connectivity index (χ3n) is 4.69. The molecule has 0 radical (unpaired) electrons. The van der Waals surface area contributed by atoms with Crippen molar-refractivity contribution in [1.82, 2.24) is 9.78 Å². The highest BCUT2D eigenvalue weighted by Crippen LogP contribution is 2.31. The number of hydrogen-bond acceptors (Lipinski definition) is 3. The number of hydrogen-bond donors (Lipinski definition) is 2. The van der Waals surface area contributed by atoms with Crippen molar-refractivity contribution in [2.24, 2.45) is 5.92 Å². The van der Waals surface area contributed by atoms with Gasteiger partial charge in [-0.25, -0.2) is 0 Å². The molecule has 0 aliphatic heterocycles. The largest absolute Gasteiger partial charge is 0.325 e. The van der Waals surface area contributed by atoms with Crippen molar-refractivity contribution in [3.8, 4) is 0 Å². The van der Waals surface area contributed by atoms with Crippen LogP contribution in [0.25, 0.3) is 10.9 Å². The minimum Gasteiger partial charge on any atom is -0.325 e. The summed E-state index contributed by atoms with van der Waals surface area (Å²) in [6.07, 6.45) is 3.81. The van der Waals surface area contributed by atoms with Crippen LogP contribution < -0.4 is 10.6 Å². The van der Waals surface area contributed by atoms with Crippen molar-refractivity contribution in [2.45, 2.75) is 32.7 Å². The zero-order chi connectivity index (χ0) is 19.0. The van der Waals surface area contributed by atoms with E-state index in [2.05, 4.69) is 29.6 Å². The number of anilines is 2. The molecule has 1 fully saturated rings. The van der Waals surface area contributed by atoms with E-state index in [1.807, 2.05) is 35.1 Å². The molecular weight excluding hydrogens is 340 g/mol. The number of benzene rings is 2. The standard InChI is InChI=1S/C21H22N4O2/c1-13(2)25-12-15-11-16(9-10-18(15)24-25)22-21(27)17-5-3-4-6-19(17)23-20(26)14-7-8-14/h3-6,9-14H,7-8H2,1-2H3,(H,22,27)(H,23,26). The second-order valence-electron chi connectivity index (χ2n) is 7.24. The van der Waals surface area contributed by atoms with Crippen molar-refractivity contribution >= 4 is 34.1 Å². The van der Waals surface area contributed by atoms with E-state index in [1.165, 1.54) is 0 Å². The first-order valence-electron chi connectivity index (χ1n) is 9.21. The number of nitrogens with one attached hydrogen (secondary N) is 2. The molecule has 2 aromatic carbocycles. The van der Waals surface area contributed by atoms with Crippen LogP contribution in [0, 0.1) is 5.92 Å². The van der Waals surface area contributed by atoms with Gasteiger partial charge in [0, 0.05) is 29.2 Å². The van der Waals surface area contributed by atoms with Crippen molar-refractivity contribution in [3.63, 3.8) is 0 Å². The van der Waals surface area contributed by atoms with Crippen LogP contribution in [0.2, 0.25) is 0 Å². The van der Waals surface area contributed by atoms with Gasteiger partial charge in [0.25, 0.3) is 5.91 Å². The van der Waals surface area contributed by atoms with Gasteiger partial charge in [0.2, 0.25) is 5.91 Å². The molecule has 0 spiro atoms. The molecule has 0 bridgehead atoms. The third kappa shape index (κ3) is 3.69. The van der Waals surface area contributed by atoms with Gasteiger partial charge in [-0.3, -0.25) is 14.3 Å². The summed E-state index contributed by atoms with van der Waals surface area (Å²) in [4.78, 5) is 24.8. The molecule has 1 aliphatic rings. The van der Waals surface area contributed by atoms with E-state index in [0.29, 0.717) is 16.9 Å². The Balaban J connectivity index is 1.55. The van der Waals surface area contributed by atoms with Crippen LogP contribution in [0.5, 0.6) is 0 Å². The van der Waals surface area contributed by atoms with Crippen molar-refractivity contribution in [3.05, 3.63) is 54.2 Å². The lowest BCUT2D eigenvalue weighted by Gasteiger charge is -2.11. The summed E-state index contributed by atoms with van der Waals surface area (Å²) in [7, 11) is 0. The van der Waals surface area contributed by atoms with Crippen LogP contribution >= 0.6 is 0 Å². The fraction of sp³-hybridized carbons (Fsp3) is 0.286. The van der Waals surface area contributed by atoms with Crippen LogP contribution in [0.4, 0.5) is 11.4 Å². The molecule has 2 N–H and O–H groups in total. The Morgan fingerprint density at radius 2 is 1.89 bits per heavy atom. The van der Waals surface area contributed by atoms with Gasteiger partial charge >= 0.3 is 0 Å². The number of fused-ring (bicyclic) bond motifs is 1. The highest BCUT2D eigenvalue weighted by atomic mass is 16.2. The lowest BCUT2D eigenvalue weighted by atomic mass is 10.1. The molecule has 6 nitrogen and oxygen atoms in total. The van der Waals surface area contributed by atoms with Gasteiger partial charge < -0.3 is 10.6 Å². The van der Waals surface area contributed by atoms with E-state index in [9.17, 15) is 9.59 Å². The lowest BCUT2D eigenvalue weighted by molar-refractivity contribution is -0.117. The third-order valence-corrected chi connectivity index (χ3v) is 4.69. The van der Waals surface area contributed by atoms with Crippen LogP contribution in [-0.2, 0) is 4.79 Å². The monoisotopic (exact) mass is 362 g/mol. The van der Waals surface area contributed by atoms with E-state index < -0.39 is 0 Å². The fourth-order valence-corrected chi connectivity index (χ4v) is 2.96. The number of amides is 2. The molecule has 0 atom stereocenters. The number of para-hydroxylation sites is 1. The topological polar surface area (TPSA) is 76.0 Å². The molecule has 1 saturated carbocycles. The van der Waals surface area contributed by atoms with Gasteiger partial charge in [-0.05, 0) is 57.0 Å². The van der Waals surface area contributed by atoms with Gasteiger partial charge in [0.05, 0.1) is 16.8 Å². The Morgan fingerprint density at radius 3 is 2.63 bits per heavy atom. The summed E-state index contributed by atoms with van der Waals surface area (Å²) < 4.78 is 1.90. The molecular formula is C21H22N4O2. The highest BCUT2D eigenvalue weighted by Gasteiger charge is 2.30. The molecule has 138 valence electrons. The summed E-state index contributed by atoms with van der Waals surface area (Å²) in [5.74, 6) is -0.184. The summed E-state index contributed by atoms with van der Waals surface area (Å²) in [6.45, 7) is 4.14. The normalized spacial score (nSPS) is 13.7. The van der Waals surface area contributed by atoms with Crippen molar-refractivity contribution in [1.29, 1.82) is 0 Å². The molecule has 1 aliphatic carbocycles. The zero-order valence-electron chi connectivity index (χ0n) is 15.4. The zero-order valence-corrected chi connectivity index (χ0v) is 15.4. The minimum atomic E-state index is -0.253. The molecule has 6 heteroatoms. The minimum absolute atomic E-state index is 0.0160. The Hall–Kier alpha value is -3.15. The van der Waals surface area contributed by atoms with E-state index in [1.54, 1.807) is 18.2 Å². The Labute approximate surface area is 157 Å². The fourth-order valence-electron chi connectivity index (χ4n) is 2.96. The number of aromatic nitrogens is 2. The maximum atomic E-state index is 12.8. The maximum Gasteiger partial charge on any atom is 0.257 e. The Kier molecular flexibility index (Phi) is 4.39. The average Bonchev–Trinajstić information content (AvgIpc) is 3.41. The number of rotatable bonds is 5. The van der Waals surface area contributed by atoms with Gasteiger partial charge in [-0.2, -0.15) is 5.10 Å². The Morgan fingerprint density at radius 1 is 1.11 bits per heavy atom. The van der Waals surface area contributed by atoms with E-state index >= 15 is 0 Å². The number of nitrogens with zero attached hydrogens (tertiary/aromatic N) is 2. The van der Waals surface area contributed by atoms with Crippen LogP contribution in [0.3, 0.4) is 0 Å². The van der Waals surface area contributed by atoms with E-state index in [4.69, 9.17) is 0 Å². The van der Waals surface area contributed by atoms with E-state index in [0.717, 1.165) is 23.7 Å². The highest BCUT2D eigenvalue weighted by molar-refractivity contribution is 6.10. The SMILES string of the molecule is CC(C)n1cc2cc(NC(=O)c3ccccc3NC(=O)C3CC3)ccc2n1. The summed E-state index contributed by atoms with van der Waals surface area (Å²) in [5.41, 5.74) is 2.57. The molecule has 0 saturated heterocycles. The van der Waals surface area contributed by atoms with Crippen molar-refractivity contribution in [2.75, 3.05) is 10.6 Å². The quantitative estimate of drug-likeness (QED) is 0.713. The molecule has 1 heterocycles. The van der Waals surface area contributed by atoms with Crippen molar-refractivity contribution < 1.29 is 9.59 Å². The molecule has 27 heavy (non-hydrogen) atoms. The Bertz CT molecular complexity index is 1020.